The quantitative estimate of drug-likeness (QED) is 0.530. The van der Waals surface area contributed by atoms with E-state index in [-0.39, 0.29) is 5.75 Å². The molecule has 0 saturated carbocycles. The first kappa shape index (κ1) is 10.9. The van der Waals surface area contributed by atoms with E-state index < -0.39 is 10.0 Å². The predicted octanol–water partition coefficient (Wildman–Crippen LogP) is -1.38. The molecule has 0 spiro atoms. The summed E-state index contributed by atoms with van der Waals surface area (Å²) in [5.41, 5.74) is 0. The molecule has 0 aliphatic carbocycles. The fraction of sp³-hybridized carbons (Fsp3) is 1.00. The lowest BCUT2D eigenvalue weighted by Gasteiger charge is -2.23. The van der Waals surface area contributed by atoms with E-state index in [0.29, 0.717) is 12.6 Å². The highest BCUT2D eigenvalue weighted by atomic mass is 32.2. The second kappa shape index (κ2) is 4.90. The zero-order chi connectivity index (χ0) is 9.73. The molecule has 0 unspecified atom stereocenters. The van der Waals surface area contributed by atoms with Crippen LogP contribution in [0.2, 0.25) is 0 Å². The molecule has 1 saturated heterocycles. The predicted molar refractivity (Wildman–Crippen MR) is 51.9 cm³/mol. The van der Waals surface area contributed by atoms with E-state index in [1.807, 2.05) is 0 Å². The van der Waals surface area contributed by atoms with Crippen molar-refractivity contribution in [3.8, 4) is 0 Å². The summed E-state index contributed by atoms with van der Waals surface area (Å²) < 4.78 is 21.2. The van der Waals surface area contributed by atoms with Crippen LogP contribution < -0.4 is 15.8 Å². The van der Waals surface area contributed by atoms with Crippen molar-refractivity contribution in [2.45, 2.75) is 18.9 Å². The third kappa shape index (κ3) is 5.20. The van der Waals surface area contributed by atoms with Crippen LogP contribution >= 0.6 is 0 Å². The van der Waals surface area contributed by atoms with Gasteiger partial charge in [-0.3, -0.25) is 0 Å². The molecule has 1 aliphatic rings. The van der Waals surface area contributed by atoms with Gasteiger partial charge in [0.1, 0.15) is 0 Å². The number of nitrogens with one attached hydrogen (secondary N) is 2. The summed E-state index contributed by atoms with van der Waals surface area (Å²) in [4.78, 5) is 0. The van der Waals surface area contributed by atoms with E-state index in [1.165, 1.54) is 0 Å². The molecule has 1 heterocycles. The van der Waals surface area contributed by atoms with Gasteiger partial charge in [-0.2, -0.15) is 0 Å². The smallest absolute Gasteiger partial charge is 0.210 e. The van der Waals surface area contributed by atoms with E-state index in [0.717, 1.165) is 25.9 Å². The van der Waals surface area contributed by atoms with E-state index in [2.05, 4.69) is 10.6 Å². The van der Waals surface area contributed by atoms with E-state index >= 15 is 0 Å². The Morgan fingerprint density at radius 3 is 2.54 bits per heavy atom. The maximum Gasteiger partial charge on any atom is 0.210 e. The van der Waals surface area contributed by atoms with Crippen LogP contribution in [0.25, 0.3) is 0 Å². The largest absolute Gasteiger partial charge is 0.317 e. The molecule has 0 aromatic heterocycles. The highest BCUT2D eigenvalue weighted by molar-refractivity contribution is 7.89. The van der Waals surface area contributed by atoms with Crippen molar-refractivity contribution >= 4 is 10.0 Å². The van der Waals surface area contributed by atoms with E-state index in [4.69, 9.17) is 5.14 Å². The van der Waals surface area contributed by atoms with Gasteiger partial charge in [-0.15, -0.1) is 0 Å². The van der Waals surface area contributed by atoms with Crippen LogP contribution in [0.1, 0.15) is 12.8 Å². The zero-order valence-corrected chi connectivity index (χ0v) is 8.44. The first-order valence-corrected chi connectivity index (χ1v) is 6.24. The average molecular weight is 207 g/mol. The Bertz CT molecular complexity index is 234. The van der Waals surface area contributed by atoms with E-state index in [9.17, 15) is 8.42 Å². The summed E-state index contributed by atoms with van der Waals surface area (Å²) in [7, 11) is -3.30. The molecule has 0 aromatic carbocycles. The number of rotatable bonds is 4. The highest BCUT2D eigenvalue weighted by Crippen LogP contribution is 2.00. The summed E-state index contributed by atoms with van der Waals surface area (Å²) in [6.45, 7) is 2.48. The lowest BCUT2D eigenvalue weighted by molar-refractivity contribution is 0.394. The number of sulfonamides is 1. The SMILES string of the molecule is NS(=O)(=O)CCNC1CCNCC1. The third-order valence-corrected chi connectivity index (χ3v) is 2.93. The van der Waals surface area contributed by atoms with Crippen LogP contribution in [-0.4, -0.2) is 39.8 Å². The average Bonchev–Trinajstić information content (AvgIpc) is 2.04. The summed E-state index contributed by atoms with van der Waals surface area (Å²) in [6.07, 6.45) is 2.12. The standard InChI is InChI=1S/C7H17N3O2S/c8-13(11,12)6-5-10-7-1-3-9-4-2-7/h7,9-10H,1-6H2,(H2,8,11,12). The van der Waals surface area contributed by atoms with Gasteiger partial charge < -0.3 is 10.6 Å². The number of hydrogen-bond acceptors (Lipinski definition) is 4. The molecule has 0 atom stereocenters. The molecule has 0 radical (unpaired) electrons. The topological polar surface area (TPSA) is 84.2 Å². The minimum absolute atomic E-state index is 0.0247. The van der Waals surface area contributed by atoms with Crippen LogP contribution in [0.15, 0.2) is 0 Å². The molecule has 1 fully saturated rings. The molecule has 6 heteroatoms. The molecule has 1 rings (SSSR count). The molecule has 13 heavy (non-hydrogen) atoms. The van der Waals surface area contributed by atoms with Crippen LogP contribution in [0.4, 0.5) is 0 Å². The van der Waals surface area contributed by atoms with Gasteiger partial charge in [0.2, 0.25) is 10.0 Å². The molecule has 5 nitrogen and oxygen atoms in total. The Kier molecular flexibility index (Phi) is 4.11. The number of hydrogen-bond donors (Lipinski definition) is 3. The Labute approximate surface area is 79.1 Å². The first-order valence-electron chi connectivity index (χ1n) is 4.52. The fourth-order valence-corrected chi connectivity index (χ4v) is 1.83. The van der Waals surface area contributed by atoms with Crippen LogP contribution in [-0.2, 0) is 10.0 Å². The molecule has 4 N–H and O–H groups in total. The molecular weight excluding hydrogens is 190 g/mol. The van der Waals surface area contributed by atoms with Gasteiger partial charge in [0.25, 0.3) is 0 Å². The summed E-state index contributed by atoms with van der Waals surface area (Å²) >= 11 is 0. The van der Waals surface area contributed by atoms with Crippen LogP contribution in [0.3, 0.4) is 0 Å². The maximum atomic E-state index is 10.6. The fourth-order valence-electron chi connectivity index (χ4n) is 1.43. The maximum absolute atomic E-state index is 10.6. The van der Waals surface area contributed by atoms with Crippen LogP contribution in [0, 0.1) is 0 Å². The van der Waals surface area contributed by atoms with Gasteiger partial charge in [0.05, 0.1) is 5.75 Å². The van der Waals surface area contributed by atoms with Crippen molar-refractivity contribution in [1.29, 1.82) is 0 Å². The lowest BCUT2D eigenvalue weighted by Crippen LogP contribution is -2.42. The molecular formula is C7H17N3O2S. The van der Waals surface area contributed by atoms with Crippen LogP contribution in [0.5, 0.6) is 0 Å². The van der Waals surface area contributed by atoms with Gasteiger partial charge in [0, 0.05) is 12.6 Å². The minimum Gasteiger partial charge on any atom is -0.317 e. The molecule has 0 bridgehead atoms. The van der Waals surface area contributed by atoms with Gasteiger partial charge >= 0.3 is 0 Å². The Hall–Kier alpha value is -0.170. The van der Waals surface area contributed by atoms with Gasteiger partial charge in [-0.25, -0.2) is 13.6 Å². The highest BCUT2D eigenvalue weighted by Gasteiger charge is 2.12. The van der Waals surface area contributed by atoms with E-state index in [1.54, 1.807) is 0 Å². The van der Waals surface area contributed by atoms with Crippen molar-refractivity contribution in [2.24, 2.45) is 5.14 Å². The summed E-state index contributed by atoms with van der Waals surface area (Å²) in [5, 5.41) is 11.3. The molecule has 0 aromatic rings. The number of primary sulfonamides is 1. The number of nitrogens with two attached hydrogens (primary N) is 1. The van der Waals surface area contributed by atoms with Gasteiger partial charge in [-0.05, 0) is 25.9 Å². The van der Waals surface area contributed by atoms with Gasteiger partial charge in [0.15, 0.2) is 0 Å². The Morgan fingerprint density at radius 2 is 2.00 bits per heavy atom. The Morgan fingerprint density at radius 1 is 1.38 bits per heavy atom. The van der Waals surface area contributed by atoms with Crippen molar-refractivity contribution < 1.29 is 8.42 Å². The second-order valence-corrected chi connectivity index (χ2v) is 5.08. The van der Waals surface area contributed by atoms with Crippen molar-refractivity contribution in [1.82, 2.24) is 10.6 Å². The van der Waals surface area contributed by atoms with Crippen molar-refractivity contribution in [3.05, 3.63) is 0 Å². The minimum atomic E-state index is -3.30. The zero-order valence-electron chi connectivity index (χ0n) is 7.62. The molecule has 1 aliphatic heterocycles. The van der Waals surface area contributed by atoms with Gasteiger partial charge in [-0.1, -0.05) is 0 Å². The first-order chi connectivity index (χ1) is 6.08. The normalized spacial score (nSPS) is 20.4. The summed E-state index contributed by atoms with van der Waals surface area (Å²) in [5.74, 6) is 0.0247. The third-order valence-electron chi connectivity index (χ3n) is 2.16. The number of piperidine rings is 1. The summed E-state index contributed by atoms with van der Waals surface area (Å²) in [6, 6.07) is 0.447. The monoisotopic (exact) mass is 207 g/mol. The molecule has 0 amide bonds. The van der Waals surface area contributed by atoms with Crippen molar-refractivity contribution in [2.75, 3.05) is 25.4 Å². The van der Waals surface area contributed by atoms with Crippen molar-refractivity contribution in [3.63, 3.8) is 0 Å². The lowest BCUT2D eigenvalue weighted by atomic mass is 10.1. The Balaban J connectivity index is 2.11. The molecule has 78 valence electrons. The second-order valence-electron chi connectivity index (χ2n) is 3.35.